The van der Waals surface area contributed by atoms with Crippen LogP contribution in [0.3, 0.4) is 0 Å². The Kier molecular flexibility index (Phi) is 4.97. The van der Waals surface area contributed by atoms with Gasteiger partial charge < -0.3 is 10.6 Å². The Balaban J connectivity index is 1.76. The Morgan fingerprint density at radius 1 is 1.24 bits per heavy atom. The molecule has 0 saturated heterocycles. The Morgan fingerprint density at radius 2 is 2.00 bits per heavy atom. The van der Waals surface area contributed by atoms with Gasteiger partial charge in [-0.2, -0.15) is 10.2 Å². The van der Waals surface area contributed by atoms with Crippen molar-refractivity contribution >= 4 is 39.8 Å². The third kappa shape index (κ3) is 4.34. The molecule has 0 aliphatic heterocycles. The maximum absolute atomic E-state index is 12.9. The highest BCUT2D eigenvalue weighted by Crippen LogP contribution is 2.24. The van der Waals surface area contributed by atoms with E-state index in [1.54, 1.807) is 6.92 Å². The van der Waals surface area contributed by atoms with Gasteiger partial charge in [0.25, 0.3) is 0 Å². The maximum Gasteiger partial charge on any atom is 0.226 e. The van der Waals surface area contributed by atoms with Gasteiger partial charge in [0.05, 0.1) is 24.6 Å². The lowest BCUT2D eigenvalue weighted by molar-refractivity contribution is 0.604. The lowest BCUT2D eigenvalue weighted by Gasteiger charge is -2.13. The molecule has 0 saturated carbocycles. The van der Waals surface area contributed by atoms with Crippen LogP contribution in [0.1, 0.15) is 23.7 Å². The number of rotatable bonds is 5. The third-order valence-corrected chi connectivity index (χ3v) is 3.93. The molecule has 1 atom stereocenters. The lowest BCUT2D eigenvalue weighted by Crippen LogP contribution is -2.13. The van der Waals surface area contributed by atoms with Crippen molar-refractivity contribution in [3.8, 4) is 6.07 Å². The van der Waals surface area contributed by atoms with Crippen LogP contribution in [-0.4, -0.2) is 24.9 Å². The first-order valence-corrected chi connectivity index (χ1v) is 8.14. The average Bonchev–Trinajstić information content (AvgIpc) is 3.02. The molecule has 0 radical (unpaired) electrons. The van der Waals surface area contributed by atoms with Gasteiger partial charge in [0, 0.05) is 6.07 Å². The SMILES string of the molecule is C[C@H](Nc1nc(Cl)cc(Nc2ncc(C#N)s2)n1)c1ncc(F)cn1. The Morgan fingerprint density at radius 3 is 2.68 bits per heavy atom. The van der Waals surface area contributed by atoms with Crippen LogP contribution in [0.2, 0.25) is 5.15 Å². The summed E-state index contributed by atoms with van der Waals surface area (Å²) in [5, 5.41) is 15.5. The molecule has 8 nitrogen and oxygen atoms in total. The molecular formula is C14H10ClFN8S. The van der Waals surface area contributed by atoms with Crippen LogP contribution in [0.25, 0.3) is 0 Å². The summed E-state index contributed by atoms with van der Waals surface area (Å²) in [6.07, 6.45) is 3.63. The summed E-state index contributed by atoms with van der Waals surface area (Å²) in [6.45, 7) is 1.78. The number of nitriles is 1. The van der Waals surface area contributed by atoms with Crippen molar-refractivity contribution in [1.82, 2.24) is 24.9 Å². The molecule has 11 heteroatoms. The summed E-state index contributed by atoms with van der Waals surface area (Å²) in [5.74, 6) is 0.528. The van der Waals surface area contributed by atoms with Gasteiger partial charge >= 0.3 is 0 Å². The summed E-state index contributed by atoms with van der Waals surface area (Å²) in [4.78, 5) is 20.7. The molecule has 0 spiro atoms. The molecule has 0 aliphatic rings. The van der Waals surface area contributed by atoms with Gasteiger partial charge in [0.1, 0.15) is 27.7 Å². The minimum absolute atomic E-state index is 0.212. The third-order valence-electron chi connectivity index (χ3n) is 2.92. The Labute approximate surface area is 150 Å². The summed E-state index contributed by atoms with van der Waals surface area (Å²) < 4.78 is 12.9. The molecule has 126 valence electrons. The van der Waals surface area contributed by atoms with E-state index in [9.17, 15) is 4.39 Å². The number of aromatic nitrogens is 5. The van der Waals surface area contributed by atoms with Crippen LogP contribution in [-0.2, 0) is 0 Å². The van der Waals surface area contributed by atoms with E-state index in [-0.39, 0.29) is 17.1 Å². The predicted molar refractivity (Wildman–Crippen MR) is 91.2 cm³/mol. The normalized spacial score (nSPS) is 11.6. The molecule has 0 aliphatic carbocycles. The number of thiazole rings is 1. The second-order valence-corrected chi connectivity index (χ2v) is 6.21. The van der Waals surface area contributed by atoms with Gasteiger partial charge in [0.15, 0.2) is 10.9 Å². The fourth-order valence-electron chi connectivity index (χ4n) is 1.84. The van der Waals surface area contributed by atoms with Gasteiger partial charge in [-0.05, 0) is 6.92 Å². The van der Waals surface area contributed by atoms with E-state index in [4.69, 9.17) is 16.9 Å². The molecule has 0 fully saturated rings. The average molecular weight is 377 g/mol. The lowest BCUT2D eigenvalue weighted by atomic mass is 10.3. The molecule has 2 N–H and O–H groups in total. The standard InChI is InChI=1S/C14H10ClFN8S/c1-7(12-18-4-8(16)5-19-12)21-13-22-10(15)2-11(23-13)24-14-20-6-9(3-17)25-14/h2,4-7H,1H3,(H2,20,21,22,23,24)/t7-/m0/s1. The van der Waals surface area contributed by atoms with Gasteiger partial charge in [-0.3, -0.25) is 0 Å². The van der Waals surface area contributed by atoms with E-state index in [2.05, 4.69) is 35.6 Å². The molecule has 3 rings (SSSR count). The first-order chi connectivity index (χ1) is 12.0. The van der Waals surface area contributed by atoms with E-state index < -0.39 is 5.82 Å². The molecule has 3 heterocycles. The fraction of sp³-hybridized carbons (Fsp3) is 0.143. The first kappa shape index (κ1) is 16.9. The molecule has 3 aromatic heterocycles. The van der Waals surface area contributed by atoms with Crippen LogP contribution in [0.15, 0.2) is 24.7 Å². The van der Waals surface area contributed by atoms with E-state index in [0.717, 1.165) is 12.4 Å². The smallest absolute Gasteiger partial charge is 0.226 e. The first-order valence-electron chi connectivity index (χ1n) is 6.95. The number of halogens is 2. The van der Waals surface area contributed by atoms with Crippen LogP contribution in [0.5, 0.6) is 0 Å². The molecule has 0 aromatic carbocycles. The number of nitrogens with one attached hydrogen (secondary N) is 2. The second kappa shape index (κ2) is 7.33. The summed E-state index contributed by atoms with van der Waals surface area (Å²) in [6, 6.07) is 3.17. The van der Waals surface area contributed by atoms with Gasteiger partial charge in [-0.1, -0.05) is 22.9 Å². The number of hydrogen-bond donors (Lipinski definition) is 2. The van der Waals surface area contributed by atoms with Crippen molar-refractivity contribution in [2.24, 2.45) is 0 Å². The number of hydrogen-bond acceptors (Lipinski definition) is 9. The molecule has 0 bridgehead atoms. The van der Waals surface area contributed by atoms with E-state index >= 15 is 0 Å². The van der Waals surface area contributed by atoms with Crippen molar-refractivity contribution < 1.29 is 4.39 Å². The molecule has 0 unspecified atom stereocenters. The summed E-state index contributed by atoms with van der Waals surface area (Å²) in [5.41, 5.74) is 0. The highest BCUT2D eigenvalue weighted by molar-refractivity contribution is 7.16. The zero-order chi connectivity index (χ0) is 17.8. The zero-order valence-electron chi connectivity index (χ0n) is 12.7. The maximum atomic E-state index is 12.9. The quantitative estimate of drug-likeness (QED) is 0.652. The molecule has 3 aromatic rings. The highest BCUT2D eigenvalue weighted by Gasteiger charge is 2.12. The number of anilines is 3. The van der Waals surface area contributed by atoms with Crippen LogP contribution >= 0.6 is 22.9 Å². The second-order valence-electron chi connectivity index (χ2n) is 4.79. The highest BCUT2D eigenvalue weighted by atomic mass is 35.5. The van der Waals surface area contributed by atoms with E-state index in [0.29, 0.717) is 21.7 Å². The van der Waals surface area contributed by atoms with E-state index in [1.165, 1.54) is 23.6 Å². The predicted octanol–water partition coefficient (Wildman–Crippen LogP) is 3.30. The van der Waals surface area contributed by atoms with Crippen molar-refractivity contribution in [3.63, 3.8) is 0 Å². The van der Waals surface area contributed by atoms with E-state index in [1.807, 2.05) is 6.07 Å². The Bertz CT molecular complexity index is 923. The van der Waals surface area contributed by atoms with Crippen LogP contribution < -0.4 is 10.6 Å². The van der Waals surface area contributed by atoms with Crippen molar-refractivity contribution in [2.45, 2.75) is 13.0 Å². The minimum atomic E-state index is -0.512. The van der Waals surface area contributed by atoms with Crippen molar-refractivity contribution in [1.29, 1.82) is 5.26 Å². The Hall–Kier alpha value is -2.90. The largest absolute Gasteiger partial charge is 0.344 e. The molecule has 0 amide bonds. The van der Waals surface area contributed by atoms with Crippen LogP contribution in [0.4, 0.5) is 21.3 Å². The van der Waals surface area contributed by atoms with Crippen LogP contribution in [0, 0.1) is 17.1 Å². The summed E-state index contributed by atoms with van der Waals surface area (Å²) in [7, 11) is 0. The van der Waals surface area contributed by atoms with Gasteiger partial charge in [-0.25, -0.2) is 24.3 Å². The molecular weight excluding hydrogens is 367 g/mol. The number of nitrogens with zero attached hydrogens (tertiary/aromatic N) is 6. The van der Waals surface area contributed by atoms with Crippen molar-refractivity contribution in [2.75, 3.05) is 10.6 Å². The topological polar surface area (TPSA) is 112 Å². The minimum Gasteiger partial charge on any atom is -0.344 e. The zero-order valence-corrected chi connectivity index (χ0v) is 14.3. The van der Waals surface area contributed by atoms with Crippen molar-refractivity contribution in [3.05, 3.63) is 46.3 Å². The van der Waals surface area contributed by atoms with Gasteiger partial charge in [-0.15, -0.1) is 0 Å². The van der Waals surface area contributed by atoms with Gasteiger partial charge in [0.2, 0.25) is 5.95 Å². The monoisotopic (exact) mass is 376 g/mol. The molecule has 25 heavy (non-hydrogen) atoms. The fourth-order valence-corrected chi connectivity index (χ4v) is 2.65. The summed E-state index contributed by atoms with van der Waals surface area (Å²) >= 11 is 7.21.